The van der Waals surface area contributed by atoms with E-state index in [2.05, 4.69) is 0 Å². The van der Waals surface area contributed by atoms with Gasteiger partial charge >= 0.3 is 11.9 Å². The molecule has 1 aliphatic rings. The van der Waals surface area contributed by atoms with E-state index in [1.165, 1.54) is 24.3 Å². The van der Waals surface area contributed by atoms with Gasteiger partial charge in [0.25, 0.3) is 0 Å². The van der Waals surface area contributed by atoms with Crippen molar-refractivity contribution in [3.05, 3.63) is 29.8 Å². The van der Waals surface area contributed by atoms with E-state index in [-0.39, 0.29) is 23.4 Å². The first-order valence-corrected chi connectivity index (χ1v) is 6.98. The molecule has 0 aromatic heterocycles. The van der Waals surface area contributed by atoms with Gasteiger partial charge in [0.05, 0.1) is 22.3 Å². The first-order valence-electron chi connectivity index (χ1n) is 5.93. The first kappa shape index (κ1) is 15.0. The molecule has 1 fully saturated rings. The summed E-state index contributed by atoms with van der Waals surface area (Å²) in [5.41, 5.74) is 0.336. The number of nitrogens with zero attached hydrogens (tertiary/aromatic N) is 1. The van der Waals surface area contributed by atoms with Crippen LogP contribution >= 0.6 is 11.8 Å². The lowest BCUT2D eigenvalue weighted by molar-refractivity contribution is -0.134. The number of benzene rings is 1. The highest BCUT2D eigenvalue weighted by Crippen LogP contribution is 2.29. The first-order chi connectivity index (χ1) is 9.90. The predicted molar refractivity (Wildman–Crippen MR) is 74.4 cm³/mol. The molecular weight excluding hydrogens is 298 g/mol. The zero-order valence-electron chi connectivity index (χ0n) is 10.7. The van der Waals surface area contributed by atoms with Crippen LogP contribution in [-0.4, -0.2) is 45.0 Å². The van der Waals surface area contributed by atoms with Gasteiger partial charge in [0.2, 0.25) is 11.8 Å². The van der Waals surface area contributed by atoms with Crippen molar-refractivity contribution in [2.75, 3.05) is 10.7 Å². The molecule has 1 aromatic rings. The number of aliphatic carboxylic acids is 1. The average molecular weight is 309 g/mol. The van der Waals surface area contributed by atoms with Gasteiger partial charge in [-0.25, -0.2) is 9.69 Å². The lowest BCUT2D eigenvalue weighted by atomic mass is 10.2. The molecule has 2 rings (SSSR count). The molecule has 7 nitrogen and oxygen atoms in total. The van der Waals surface area contributed by atoms with Gasteiger partial charge in [0.15, 0.2) is 0 Å². The molecule has 0 saturated carbocycles. The van der Waals surface area contributed by atoms with E-state index in [0.717, 1.165) is 16.7 Å². The normalized spacial score (nSPS) is 18.1. The standard InChI is InChI=1S/C13H11NO6S/c15-10-5-9(21-6-11(16)17)12(18)14(10)8-3-1-7(2-4-8)13(19)20/h1-4,9H,5-6H2,(H,16,17)(H,19,20). The number of carbonyl (C=O) groups excluding carboxylic acids is 2. The number of hydrogen-bond donors (Lipinski definition) is 2. The fraction of sp³-hybridized carbons (Fsp3) is 0.231. The highest BCUT2D eigenvalue weighted by atomic mass is 32.2. The van der Waals surface area contributed by atoms with Crippen LogP contribution in [0.15, 0.2) is 24.3 Å². The molecule has 1 aromatic carbocycles. The van der Waals surface area contributed by atoms with Gasteiger partial charge in [0, 0.05) is 6.42 Å². The fourth-order valence-electron chi connectivity index (χ4n) is 1.93. The molecule has 1 aliphatic heterocycles. The van der Waals surface area contributed by atoms with Crippen molar-refractivity contribution >= 4 is 41.2 Å². The molecule has 21 heavy (non-hydrogen) atoms. The van der Waals surface area contributed by atoms with Gasteiger partial charge in [-0.15, -0.1) is 11.8 Å². The maximum Gasteiger partial charge on any atom is 0.335 e. The molecule has 1 saturated heterocycles. The number of aromatic carboxylic acids is 1. The third kappa shape index (κ3) is 3.22. The van der Waals surface area contributed by atoms with Crippen molar-refractivity contribution in [1.82, 2.24) is 0 Å². The van der Waals surface area contributed by atoms with Crippen LogP contribution in [0.1, 0.15) is 16.8 Å². The third-order valence-corrected chi connectivity index (χ3v) is 4.07. The van der Waals surface area contributed by atoms with E-state index >= 15 is 0 Å². The summed E-state index contributed by atoms with van der Waals surface area (Å²) in [5.74, 6) is -3.31. The van der Waals surface area contributed by atoms with Crippen LogP contribution in [0.2, 0.25) is 0 Å². The Hall–Kier alpha value is -2.35. The Morgan fingerprint density at radius 3 is 2.33 bits per heavy atom. The van der Waals surface area contributed by atoms with Crippen LogP contribution in [0.3, 0.4) is 0 Å². The molecule has 2 N–H and O–H groups in total. The van der Waals surface area contributed by atoms with E-state index in [1.807, 2.05) is 0 Å². The monoisotopic (exact) mass is 309 g/mol. The summed E-state index contributed by atoms with van der Waals surface area (Å²) in [7, 11) is 0. The minimum Gasteiger partial charge on any atom is -0.481 e. The molecular formula is C13H11NO6S. The van der Waals surface area contributed by atoms with Crippen LogP contribution in [0.4, 0.5) is 5.69 Å². The number of thioether (sulfide) groups is 1. The summed E-state index contributed by atoms with van der Waals surface area (Å²) in [6.45, 7) is 0. The van der Waals surface area contributed by atoms with Crippen molar-refractivity contribution in [1.29, 1.82) is 0 Å². The number of carboxylic acid groups (broad SMARTS) is 2. The second kappa shape index (κ2) is 5.96. The quantitative estimate of drug-likeness (QED) is 0.775. The van der Waals surface area contributed by atoms with Gasteiger partial charge in [-0.3, -0.25) is 14.4 Å². The topological polar surface area (TPSA) is 112 Å². The molecule has 8 heteroatoms. The van der Waals surface area contributed by atoms with Crippen molar-refractivity contribution in [2.24, 2.45) is 0 Å². The molecule has 0 bridgehead atoms. The third-order valence-electron chi connectivity index (χ3n) is 2.89. The summed E-state index contributed by atoms with van der Waals surface area (Å²) in [6.07, 6.45) is -0.0581. The lowest BCUT2D eigenvalue weighted by Gasteiger charge is -2.14. The van der Waals surface area contributed by atoms with Crippen molar-refractivity contribution in [3.63, 3.8) is 0 Å². The van der Waals surface area contributed by atoms with E-state index in [1.54, 1.807) is 0 Å². The Kier molecular flexibility index (Phi) is 4.27. The summed E-state index contributed by atoms with van der Waals surface area (Å²) in [4.78, 5) is 46.2. The lowest BCUT2D eigenvalue weighted by Crippen LogP contribution is -2.31. The molecule has 0 spiro atoms. The highest BCUT2D eigenvalue weighted by Gasteiger charge is 2.40. The molecule has 2 amide bonds. The van der Waals surface area contributed by atoms with E-state index in [4.69, 9.17) is 10.2 Å². The van der Waals surface area contributed by atoms with Crippen molar-refractivity contribution in [2.45, 2.75) is 11.7 Å². The van der Waals surface area contributed by atoms with Crippen molar-refractivity contribution in [3.8, 4) is 0 Å². The molecule has 1 heterocycles. The van der Waals surface area contributed by atoms with E-state index < -0.39 is 29.0 Å². The van der Waals surface area contributed by atoms with E-state index in [0.29, 0.717) is 0 Å². The molecule has 0 radical (unpaired) electrons. The largest absolute Gasteiger partial charge is 0.481 e. The Balaban J connectivity index is 2.16. The van der Waals surface area contributed by atoms with Crippen LogP contribution in [0.25, 0.3) is 0 Å². The summed E-state index contributed by atoms with van der Waals surface area (Å²) >= 11 is 0.905. The molecule has 1 unspecified atom stereocenters. The molecule has 110 valence electrons. The zero-order valence-corrected chi connectivity index (χ0v) is 11.5. The van der Waals surface area contributed by atoms with Crippen molar-refractivity contribution < 1.29 is 29.4 Å². The van der Waals surface area contributed by atoms with E-state index in [9.17, 15) is 19.2 Å². The van der Waals surface area contributed by atoms with Crippen LogP contribution < -0.4 is 4.90 Å². The fourth-order valence-corrected chi connectivity index (χ4v) is 2.78. The Bertz CT molecular complexity index is 612. The van der Waals surface area contributed by atoms with Gasteiger partial charge in [0.1, 0.15) is 0 Å². The SMILES string of the molecule is O=C(O)CSC1CC(=O)N(c2ccc(C(=O)O)cc2)C1=O. The average Bonchev–Trinajstić information content (AvgIpc) is 2.71. The Labute approximate surface area is 123 Å². The van der Waals surface area contributed by atoms with Crippen LogP contribution in [-0.2, 0) is 14.4 Å². The number of amides is 2. The van der Waals surface area contributed by atoms with Crippen LogP contribution in [0, 0.1) is 0 Å². The molecule has 1 atom stereocenters. The zero-order chi connectivity index (χ0) is 15.6. The minimum atomic E-state index is -1.10. The second-order valence-corrected chi connectivity index (χ2v) is 5.51. The smallest absolute Gasteiger partial charge is 0.335 e. The predicted octanol–water partition coefficient (Wildman–Crippen LogP) is 0.835. The number of anilines is 1. The van der Waals surface area contributed by atoms with Gasteiger partial charge < -0.3 is 10.2 Å². The Morgan fingerprint density at radius 2 is 1.81 bits per heavy atom. The minimum absolute atomic E-state index is 0.0506. The van der Waals surface area contributed by atoms with Gasteiger partial charge in [-0.2, -0.15) is 0 Å². The number of imide groups is 1. The number of carboxylic acids is 2. The second-order valence-electron chi connectivity index (χ2n) is 4.32. The number of hydrogen-bond acceptors (Lipinski definition) is 5. The summed E-state index contributed by atoms with van der Waals surface area (Å²) in [6, 6.07) is 5.36. The van der Waals surface area contributed by atoms with Gasteiger partial charge in [-0.1, -0.05) is 0 Å². The number of rotatable bonds is 5. The highest BCUT2D eigenvalue weighted by molar-refractivity contribution is 8.01. The van der Waals surface area contributed by atoms with Crippen LogP contribution in [0.5, 0.6) is 0 Å². The summed E-state index contributed by atoms with van der Waals surface area (Å²) < 4.78 is 0. The maximum atomic E-state index is 12.1. The summed E-state index contributed by atoms with van der Waals surface area (Å²) in [5, 5.41) is 16.7. The number of carbonyl (C=O) groups is 4. The van der Waals surface area contributed by atoms with Gasteiger partial charge in [-0.05, 0) is 24.3 Å². The molecule has 0 aliphatic carbocycles. The maximum absolute atomic E-state index is 12.1. The Morgan fingerprint density at radius 1 is 1.19 bits per heavy atom.